The van der Waals surface area contributed by atoms with E-state index >= 15 is 0 Å². The summed E-state index contributed by atoms with van der Waals surface area (Å²) in [6.07, 6.45) is -0.715. The Morgan fingerprint density at radius 3 is 2.84 bits per heavy atom. The molecule has 4 N–H and O–H groups in total. The molecule has 104 valence electrons. The molecule has 5 nitrogen and oxygen atoms in total. The molecular formula is C14H20N2O3. The van der Waals surface area contributed by atoms with Gasteiger partial charge in [0, 0.05) is 12.6 Å². The van der Waals surface area contributed by atoms with E-state index in [1.807, 2.05) is 30.3 Å². The van der Waals surface area contributed by atoms with Crippen molar-refractivity contribution < 1.29 is 14.6 Å². The normalized spacial score (nSPS) is 28.1. The Morgan fingerprint density at radius 2 is 2.26 bits per heavy atom. The van der Waals surface area contributed by atoms with Crippen LogP contribution in [0.5, 0.6) is 0 Å². The summed E-state index contributed by atoms with van der Waals surface area (Å²) in [5, 5.41) is 12.7. The summed E-state index contributed by atoms with van der Waals surface area (Å²) in [6, 6.07) is 8.92. The summed E-state index contributed by atoms with van der Waals surface area (Å²) in [5.41, 5.74) is 5.95. The van der Waals surface area contributed by atoms with Crippen LogP contribution in [0.3, 0.4) is 0 Å². The highest BCUT2D eigenvalue weighted by molar-refractivity contribution is 5.83. The molecule has 0 bridgehead atoms. The Morgan fingerprint density at radius 1 is 1.58 bits per heavy atom. The van der Waals surface area contributed by atoms with Crippen molar-refractivity contribution in [2.45, 2.75) is 19.1 Å². The average molecular weight is 264 g/mol. The van der Waals surface area contributed by atoms with E-state index in [1.54, 1.807) is 6.92 Å². The highest BCUT2D eigenvalue weighted by atomic mass is 16.5. The number of carbonyl (C=O) groups excluding carboxylic acids is 1. The lowest BCUT2D eigenvalue weighted by Crippen LogP contribution is -2.50. The van der Waals surface area contributed by atoms with E-state index in [0.29, 0.717) is 13.2 Å². The predicted octanol–water partition coefficient (Wildman–Crippen LogP) is 0.200. The van der Waals surface area contributed by atoms with E-state index in [4.69, 9.17) is 10.5 Å². The second-order valence-corrected chi connectivity index (χ2v) is 5.18. The van der Waals surface area contributed by atoms with Gasteiger partial charge in [-0.1, -0.05) is 30.3 Å². The molecule has 1 aromatic rings. The molecule has 0 radical (unpaired) electrons. The third-order valence-corrected chi connectivity index (χ3v) is 3.68. The van der Waals surface area contributed by atoms with Crippen LogP contribution in [-0.4, -0.2) is 36.8 Å². The van der Waals surface area contributed by atoms with Gasteiger partial charge in [0.25, 0.3) is 0 Å². The number of nitrogens with one attached hydrogen (secondary N) is 1. The van der Waals surface area contributed by atoms with Crippen LogP contribution in [-0.2, 0) is 9.53 Å². The summed E-state index contributed by atoms with van der Waals surface area (Å²) in [5.74, 6) is -0.174. The van der Waals surface area contributed by atoms with Gasteiger partial charge >= 0.3 is 0 Å². The first-order chi connectivity index (χ1) is 9.04. The molecule has 0 aliphatic carbocycles. The lowest BCUT2D eigenvalue weighted by molar-refractivity contribution is -0.131. The molecule has 1 aromatic carbocycles. The second kappa shape index (κ2) is 5.69. The maximum absolute atomic E-state index is 12.1. The maximum atomic E-state index is 12.1. The monoisotopic (exact) mass is 264 g/mol. The van der Waals surface area contributed by atoms with Gasteiger partial charge in [-0.3, -0.25) is 4.79 Å². The third kappa shape index (κ3) is 2.94. The standard InChI is InChI=1S/C14H20N2O3/c1-14(9-19-8-12(14)15)13(18)16-7-11(17)10-5-3-2-4-6-10/h2-6,11-12,17H,7-9,15H2,1H3,(H,16,18). The number of hydrogen-bond donors (Lipinski definition) is 3. The maximum Gasteiger partial charge on any atom is 0.230 e. The number of rotatable bonds is 4. The van der Waals surface area contributed by atoms with Crippen LogP contribution in [0.25, 0.3) is 0 Å². The molecule has 0 saturated carbocycles. The number of aliphatic hydroxyl groups excluding tert-OH is 1. The highest BCUT2D eigenvalue weighted by Gasteiger charge is 2.44. The average Bonchev–Trinajstić information content (AvgIpc) is 2.78. The van der Waals surface area contributed by atoms with Crippen molar-refractivity contribution in [2.24, 2.45) is 11.1 Å². The van der Waals surface area contributed by atoms with Gasteiger partial charge < -0.3 is 20.9 Å². The minimum atomic E-state index is -0.715. The molecular weight excluding hydrogens is 244 g/mol. The van der Waals surface area contributed by atoms with Gasteiger partial charge in [0.1, 0.15) is 0 Å². The van der Waals surface area contributed by atoms with Crippen molar-refractivity contribution in [1.29, 1.82) is 0 Å². The molecule has 1 amide bonds. The van der Waals surface area contributed by atoms with Gasteiger partial charge in [-0.2, -0.15) is 0 Å². The topological polar surface area (TPSA) is 84.6 Å². The molecule has 5 heteroatoms. The van der Waals surface area contributed by atoms with Crippen molar-refractivity contribution >= 4 is 5.91 Å². The van der Waals surface area contributed by atoms with Crippen LogP contribution in [0.4, 0.5) is 0 Å². The summed E-state index contributed by atoms with van der Waals surface area (Å²) in [4.78, 5) is 12.1. The smallest absolute Gasteiger partial charge is 0.230 e. The Bertz CT molecular complexity index is 438. The largest absolute Gasteiger partial charge is 0.387 e. The first kappa shape index (κ1) is 14.0. The van der Waals surface area contributed by atoms with Gasteiger partial charge in [-0.05, 0) is 12.5 Å². The third-order valence-electron chi connectivity index (χ3n) is 3.68. The molecule has 0 aromatic heterocycles. The highest BCUT2D eigenvalue weighted by Crippen LogP contribution is 2.27. The summed E-state index contributed by atoms with van der Waals surface area (Å²) in [7, 11) is 0. The first-order valence-electron chi connectivity index (χ1n) is 6.38. The zero-order valence-corrected chi connectivity index (χ0v) is 11.0. The number of carbonyl (C=O) groups is 1. The zero-order chi connectivity index (χ0) is 13.9. The van der Waals surface area contributed by atoms with E-state index in [0.717, 1.165) is 5.56 Å². The van der Waals surface area contributed by atoms with Crippen molar-refractivity contribution in [3.8, 4) is 0 Å². The van der Waals surface area contributed by atoms with Gasteiger partial charge in [-0.25, -0.2) is 0 Å². The Kier molecular flexibility index (Phi) is 4.19. The van der Waals surface area contributed by atoms with Crippen LogP contribution in [0.2, 0.25) is 0 Å². The van der Waals surface area contributed by atoms with E-state index in [1.165, 1.54) is 0 Å². The summed E-state index contributed by atoms with van der Waals surface area (Å²) >= 11 is 0. The van der Waals surface area contributed by atoms with Gasteiger partial charge in [0.2, 0.25) is 5.91 Å². The van der Waals surface area contributed by atoms with Crippen LogP contribution >= 0.6 is 0 Å². The fourth-order valence-electron chi connectivity index (χ4n) is 2.11. The van der Waals surface area contributed by atoms with Crippen LogP contribution in [0.15, 0.2) is 30.3 Å². The molecule has 1 aliphatic heterocycles. The molecule has 3 atom stereocenters. The van der Waals surface area contributed by atoms with Gasteiger partial charge in [0.05, 0.1) is 24.7 Å². The quantitative estimate of drug-likeness (QED) is 0.725. The van der Waals surface area contributed by atoms with Crippen molar-refractivity contribution in [3.05, 3.63) is 35.9 Å². The van der Waals surface area contributed by atoms with Crippen molar-refractivity contribution in [1.82, 2.24) is 5.32 Å². The number of benzene rings is 1. The molecule has 2 rings (SSSR count). The number of nitrogens with two attached hydrogens (primary N) is 1. The molecule has 3 unspecified atom stereocenters. The molecule has 1 saturated heterocycles. The summed E-state index contributed by atoms with van der Waals surface area (Å²) in [6.45, 7) is 2.67. The van der Waals surface area contributed by atoms with Gasteiger partial charge in [-0.15, -0.1) is 0 Å². The molecule has 1 fully saturated rings. The Hall–Kier alpha value is -1.43. The number of ether oxygens (including phenoxy) is 1. The minimum absolute atomic E-state index is 0.172. The zero-order valence-electron chi connectivity index (χ0n) is 11.0. The van der Waals surface area contributed by atoms with Gasteiger partial charge in [0.15, 0.2) is 0 Å². The fraction of sp³-hybridized carbons (Fsp3) is 0.500. The Labute approximate surface area is 112 Å². The SMILES string of the molecule is CC1(C(=O)NCC(O)c2ccccc2)COCC1N. The van der Waals surface area contributed by atoms with Crippen molar-refractivity contribution in [3.63, 3.8) is 0 Å². The second-order valence-electron chi connectivity index (χ2n) is 5.18. The molecule has 1 aliphatic rings. The fourth-order valence-corrected chi connectivity index (χ4v) is 2.11. The Balaban J connectivity index is 1.90. The minimum Gasteiger partial charge on any atom is -0.387 e. The number of amides is 1. The predicted molar refractivity (Wildman–Crippen MR) is 71.3 cm³/mol. The molecule has 19 heavy (non-hydrogen) atoms. The van der Waals surface area contributed by atoms with Crippen LogP contribution in [0, 0.1) is 5.41 Å². The lowest BCUT2D eigenvalue weighted by atomic mass is 9.85. The number of hydrogen-bond acceptors (Lipinski definition) is 4. The summed E-state index contributed by atoms with van der Waals surface area (Å²) < 4.78 is 5.24. The van der Waals surface area contributed by atoms with E-state index in [2.05, 4.69) is 5.32 Å². The van der Waals surface area contributed by atoms with E-state index in [9.17, 15) is 9.90 Å². The first-order valence-corrected chi connectivity index (χ1v) is 6.38. The molecule has 0 spiro atoms. The number of aliphatic hydroxyl groups is 1. The van der Waals surface area contributed by atoms with E-state index in [-0.39, 0.29) is 18.5 Å². The van der Waals surface area contributed by atoms with Crippen LogP contribution < -0.4 is 11.1 Å². The van der Waals surface area contributed by atoms with Crippen LogP contribution in [0.1, 0.15) is 18.6 Å². The molecule has 1 heterocycles. The van der Waals surface area contributed by atoms with Crippen molar-refractivity contribution in [2.75, 3.05) is 19.8 Å². The van der Waals surface area contributed by atoms with E-state index < -0.39 is 11.5 Å². The lowest BCUT2D eigenvalue weighted by Gasteiger charge is -2.26.